The molecule has 0 spiro atoms. The van der Waals surface area contributed by atoms with Crippen molar-refractivity contribution in [3.63, 3.8) is 0 Å². The summed E-state index contributed by atoms with van der Waals surface area (Å²) in [5.74, 6) is 0. The summed E-state index contributed by atoms with van der Waals surface area (Å²) in [5, 5.41) is 0. The third-order valence-electron chi connectivity index (χ3n) is 2.63. The van der Waals surface area contributed by atoms with E-state index >= 15 is 0 Å². The molecule has 0 fully saturated rings. The number of thiazole rings is 1. The number of benzene rings is 1. The minimum absolute atomic E-state index is 0.179. The monoisotopic (exact) mass is 220 g/mol. The van der Waals surface area contributed by atoms with E-state index in [0.29, 0.717) is 6.54 Å². The summed E-state index contributed by atoms with van der Waals surface area (Å²) in [4.78, 5) is 4.27. The van der Waals surface area contributed by atoms with E-state index < -0.39 is 0 Å². The van der Waals surface area contributed by atoms with Crippen LogP contribution >= 0.6 is 11.3 Å². The fourth-order valence-electron chi connectivity index (χ4n) is 1.63. The summed E-state index contributed by atoms with van der Waals surface area (Å²) >= 11 is 1.69. The molecule has 0 radical (unpaired) electrons. The summed E-state index contributed by atoms with van der Waals surface area (Å²) < 4.78 is 1.26. The Morgan fingerprint density at radius 1 is 1.40 bits per heavy atom. The lowest BCUT2D eigenvalue weighted by Crippen LogP contribution is -2.25. The second-order valence-corrected chi connectivity index (χ2v) is 5.59. The van der Waals surface area contributed by atoms with Gasteiger partial charge < -0.3 is 5.73 Å². The molecule has 0 saturated carbocycles. The molecule has 1 aromatic heterocycles. The fourth-order valence-corrected chi connectivity index (χ4v) is 2.37. The zero-order chi connectivity index (χ0) is 10.9. The molecular weight excluding hydrogens is 204 g/mol. The number of nitrogens with zero attached hydrogens (tertiary/aromatic N) is 1. The highest BCUT2D eigenvalue weighted by atomic mass is 32.1. The number of hydrogen-bond donors (Lipinski definition) is 1. The van der Waals surface area contributed by atoms with E-state index in [1.54, 1.807) is 11.3 Å². The normalized spacial score (nSPS) is 12.2. The van der Waals surface area contributed by atoms with Gasteiger partial charge in [-0.25, -0.2) is 4.98 Å². The van der Waals surface area contributed by atoms with Crippen LogP contribution in [0.3, 0.4) is 0 Å². The highest BCUT2D eigenvalue weighted by Crippen LogP contribution is 2.24. The summed E-state index contributed by atoms with van der Waals surface area (Å²) in [7, 11) is 0. The molecule has 0 unspecified atom stereocenters. The molecular formula is C12H16N2S. The molecule has 2 N–H and O–H groups in total. The lowest BCUT2D eigenvalue weighted by molar-refractivity contribution is 0.377. The SMILES string of the molecule is CC(C)(CN)Cc1ccc2ncsc2c1. The van der Waals surface area contributed by atoms with Crippen molar-refractivity contribution >= 4 is 21.6 Å². The quantitative estimate of drug-likeness (QED) is 0.864. The summed E-state index contributed by atoms with van der Waals surface area (Å²) in [5.41, 5.74) is 10.2. The second kappa shape index (κ2) is 3.91. The number of fused-ring (bicyclic) bond motifs is 1. The predicted octanol–water partition coefficient (Wildman–Crippen LogP) is 2.82. The van der Waals surface area contributed by atoms with Crippen molar-refractivity contribution in [2.75, 3.05) is 6.54 Å². The van der Waals surface area contributed by atoms with Gasteiger partial charge in [-0.2, -0.15) is 0 Å². The van der Waals surface area contributed by atoms with Crippen LogP contribution in [0, 0.1) is 5.41 Å². The molecule has 0 amide bonds. The zero-order valence-electron chi connectivity index (χ0n) is 9.16. The molecule has 0 aliphatic rings. The van der Waals surface area contributed by atoms with Crippen LogP contribution in [0.2, 0.25) is 0 Å². The Morgan fingerprint density at radius 2 is 2.20 bits per heavy atom. The van der Waals surface area contributed by atoms with Crippen molar-refractivity contribution in [1.82, 2.24) is 4.98 Å². The molecule has 0 aliphatic heterocycles. The van der Waals surface area contributed by atoms with Crippen LogP contribution < -0.4 is 5.73 Å². The Hall–Kier alpha value is -0.930. The molecule has 1 heterocycles. The molecule has 0 saturated heterocycles. The lowest BCUT2D eigenvalue weighted by atomic mass is 9.86. The first-order chi connectivity index (χ1) is 7.11. The second-order valence-electron chi connectivity index (χ2n) is 4.70. The average molecular weight is 220 g/mol. The van der Waals surface area contributed by atoms with Crippen molar-refractivity contribution in [3.8, 4) is 0 Å². The van der Waals surface area contributed by atoms with E-state index in [9.17, 15) is 0 Å². The highest BCUT2D eigenvalue weighted by Gasteiger charge is 2.16. The summed E-state index contributed by atoms with van der Waals surface area (Å²) in [6, 6.07) is 6.47. The number of aromatic nitrogens is 1. The maximum atomic E-state index is 5.74. The molecule has 15 heavy (non-hydrogen) atoms. The molecule has 80 valence electrons. The Kier molecular flexibility index (Phi) is 2.76. The molecule has 2 aromatic rings. The van der Waals surface area contributed by atoms with Crippen molar-refractivity contribution in [1.29, 1.82) is 0 Å². The van der Waals surface area contributed by atoms with Gasteiger partial charge in [-0.15, -0.1) is 11.3 Å². The van der Waals surface area contributed by atoms with E-state index in [1.807, 2.05) is 5.51 Å². The molecule has 0 bridgehead atoms. The van der Waals surface area contributed by atoms with Gasteiger partial charge in [0.25, 0.3) is 0 Å². The highest BCUT2D eigenvalue weighted by molar-refractivity contribution is 7.16. The van der Waals surface area contributed by atoms with Crippen LogP contribution in [0.15, 0.2) is 23.7 Å². The van der Waals surface area contributed by atoms with E-state index in [0.717, 1.165) is 11.9 Å². The molecule has 2 rings (SSSR count). The van der Waals surface area contributed by atoms with Crippen LogP contribution in [0.25, 0.3) is 10.2 Å². The van der Waals surface area contributed by atoms with Gasteiger partial charge in [-0.3, -0.25) is 0 Å². The maximum absolute atomic E-state index is 5.74. The fraction of sp³-hybridized carbons (Fsp3) is 0.417. The van der Waals surface area contributed by atoms with E-state index in [1.165, 1.54) is 10.3 Å². The third kappa shape index (κ3) is 2.36. The standard InChI is InChI=1S/C12H16N2S/c1-12(2,7-13)6-9-3-4-10-11(5-9)15-8-14-10/h3-5,8H,6-7,13H2,1-2H3. The Balaban J connectivity index is 2.28. The Bertz CT molecular complexity index is 459. The number of rotatable bonds is 3. The summed E-state index contributed by atoms with van der Waals surface area (Å²) in [6.07, 6.45) is 1.03. The van der Waals surface area contributed by atoms with Gasteiger partial charge in [0.15, 0.2) is 0 Å². The van der Waals surface area contributed by atoms with Gasteiger partial charge in [-0.1, -0.05) is 19.9 Å². The van der Waals surface area contributed by atoms with Crippen LogP contribution in [0.5, 0.6) is 0 Å². The Labute approximate surface area is 94.1 Å². The maximum Gasteiger partial charge on any atom is 0.0812 e. The van der Waals surface area contributed by atoms with Gasteiger partial charge in [0, 0.05) is 0 Å². The van der Waals surface area contributed by atoms with Gasteiger partial charge in [0.05, 0.1) is 15.7 Å². The minimum Gasteiger partial charge on any atom is -0.330 e. The van der Waals surface area contributed by atoms with Crippen molar-refractivity contribution < 1.29 is 0 Å². The molecule has 2 nitrogen and oxygen atoms in total. The van der Waals surface area contributed by atoms with Crippen molar-refractivity contribution in [3.05, 3.63) is 29.3 Å². The lowest BCUT2D eigenvalue weighted by Gasteiger charge is -2.22. The smallest absolute Gasteiger partial charge is 0.0812 e. The van der Waals surface area contributed by atoms with Gasteiger partial charge in [0.2, 0.25) is 0 Å². The van der Waals surface area contributed by atoms with Gasteiger partial charge in [-0.05, 0) is 36.1 Å². The van der Waals surface area contributed by atoms with Crippen LogP contribution in [0.4, 0.5) is 0 Å². The first-order valence-electron chi connectivity index (χ1n) is 5.13. The molecule has 3 heteroatoms. The van der Waals surface area contributed by atoms with Gasteiger partial charge >= 0.3 is 0 Å². The van der Waals surface area contributed by atoms with Crippen molar-refractivity contribution in [2.45, 2.75) is 20.3 Å². The molecule has 0 aliphatic carbocycles. The third-order valence-corrected chi connectivity index (χ3v) is 3.42. The van der Waals surface area contributed by atoms with Gasteiger partial charge in [0.1, 0.15) is 0 Å². The van der Waals surface area contributed by atoms with Crippen LogP contribution in [0.1, 0.15) is 19.4 Å². The average Bonchev–Trinajstić information content (AvgIpc) is 2.64. The summed E-state index contributed by atoms with van der Waals surface area (Å²) in [6.45, 7) is 5.11. The first-order valence-corrected chi connectivity index (χ1v) is 6.01. The largest absolute Gasteiger partial charge is 0.330 e. The number of hydrogen-bond acceptors (Lipinski definition) is 3. The van der Waals surface area contributed by atoms with E-state index in [2.05, 4.69) is 37.0 Å². The molecule has 0 atom stereocenters. The van der Waals surface area contributed by atoms with Crippen molar-refractivity contribution in [2.24, 2.45) is 11.1 Å². The predicted molar refractivity (Wildman–Crippen MR) is 66.2 cm³/mol. The zero-order valence-corrected chi connectivity index (χ0v) is 9.97. The molecule has 1 aromatic carbocycles. The topological polar surface area (TPSA) is 38.9 Å². The number of nitrogens with two attached hydrogens (primary N) is 1. The van der Waals surface area contributed by atoms with E-state index in [4.69, 9.17) is 5.73 Å². The van der Waals surface area contributed by atoms with Crippen LogP contribution in [-0.2, 0) is 6.42 Å². The van der Waals surface area contributed by atoms with E-state index in [-0.39, 0.29) is 5.41 Å². The first kappa shape index (κ1) is 10.6. The minimum atomic E-state index is 0.179. The Morgan fingerprint density at radius 3 is 2.93 bits per heavy atom. The van der Waals surface area contributed by atoms with Crippen LogP contribution in [-0.4, -0.2) is 11.5 Å².